The standard InChI is InChI=1S/C12H16N2O2S/c1-13-12(15)14-7-8-17-11(14)9-5-3-4-6-10(9)16-2/h3-6,11H,7-8H2,1-2H3,(H,13,15). The smallest absolute Gasteiger partial charge is 0.318 e. The van der Waals surface area contributed by atoms with Gasteiger partial charge in [0.25, 0.3) is 0 Å². The summed E-state index contributed by atoms with van der Waals surface area (Å²) in [6.45, 7) is 0.771. The van der Waals surface area contributed by atoms with Crippen LogP contribution < -0.4 is 10.1 Å². The van der Waals surface area contributed by atoms with Gasteiger partial charge in [0.15, 0.2) is 0 Å². The molecule has 1 N–H and O–H groups in total. The second-order valence-corrected chi connectivity index (χ2v) is 4.90. The zero-order chi connectivity index (χ0) is 12.3. The van der Waals surface area contributed by atoms with E-state index in [1.54, 1.807) is 25.9 Å². The van der Waals surface area contributed by atoms with Gasteiger partial charge < -0.3 is 15.0 Å². The Morgan fingerprint density at radius 3 is 3.00 bits per heavy atom. The summed E-state index contributed by atoms with van der Waals surface area (Å²) < 4.78 is 5.35. The molecule has 2 amide bonds. The van der Waals surface area contributed by atoms with Crippen molar-refractivity contribution in [2.24, 2.45) is 0 Å². The summed E-state index contributed by atoms with van der Waals surface area (Å²) in [4.78, 5) is 13.6. The Hall–Kier alpha value is -1.36. The highest BCUT2D eigenvalue weighted by Gasteiger charge is 2.31. The van der Waals surface area contributed by atoms with E-state index < -0.39 is 0 Å². The van der Waals surface area contributed by atoms with Crippen LogP contribution in [0.25, 0.3) is 0 Å². The molecular formula is C12H16N2O2S. The van der Waals surface area contributed by atoms with Crippen molar-refractivity contribution in [3.05, 3.63) is 29.8 Å². The number of nitrogens with zero attached hydrogens (tertiary/aromatic N) is 1. The molecule has 1 aromatic rings. The highest BCUT2D eigenvalue weighted by molar-refractivity contribution is 7.99. The lowest BCUT2D eigenvalue weighted by molar-refractivity contribution is 0.202. The summed E-state index contributed by atoms with van der Waals surface area (Å²) in [5, 5.41) is 2.72. The fourth-order valence-electron chi connectivity index (χ4n) is 1.95. The van der Waals surface area contributed by atoms with Crippen LogP contribution in [0.2, 0.25) is 0 Å². The third kappa shape index (κ3) is 2.34. The number of carbonyl (C=O) groups excluding carboxylic acids is 1. The molecule has 0 radical (unpaired) electrons. The van der Waals surface area contributed by atoms with Gasteiger partial charge in [-0.05, 0) is 6.07 Å². The van der Waals surface area contributed by atoms with Crippen LogP contribution in [-0.4, -0.2) is 37.4 Å². The van der Waals surface area contributed by atoms with Crippen LogP contribution in [0.3, 0.4) is 0 Å². The Kier molecular flexibility index (Phi) is 3.78. The number of thioether (sulfide) groups is 1. The summed E-state index contributed by atoms with van der Waals surface area (Å²) in [5.41, 5.74) is 1.06. The van der Waals surface area contributed by atoms with Gasteiger partial charge in [-0.25, -0.2) is 4.79 Å². The lowest BCUT2D eigenvalue weighted by Crippen LogP contribution is -2.37. The van der Waals surface area contributed by atoms with Gasteiger partial charge in [0, 0.05) is 24.9 Å². The number of urea groups is 1. The summed E-state index contributed by atoms with van der Waals surface area (Å²) in [7, 11) is 3.31. The van der Waals surface area contributed by atoms with Gasteiger partial charge >= 0.3 is 6.03 Å². The van der Waals surface area contributed by atoms with Gasteiger partial charge in [-0.2, -0.15) is 0 Å². The van der Waals surface area contributed by atoms with E-state index in [2.05, 4.69) is 5.32 Å². The molecule has 0 spiro atoms. The van der Waals surface area contributed by atoms with E-state index in [0.717, 1.165) is 23.6 Å². The fraction of sp³-hybridized carbons (Fsp3) is 0.417. The van der Waals surface area contributed by atoms with Gasteiger partial charge in [0.05, 0.1) is 7.11 Å². The van der Waals surface area contributed by atoms with Crippen molar-refractivity contribution in [2.75, 3.05) is 26.5 Å². The number of hydrogen-bond acceptors (Lipinski definition) is 3. The second-order valence-electron chi connectivity index (χ2n) is 3.71. The predicted molar refractivity (Wildman–Crippen MR) is 69.4 cm³/mol. The van der Waals surface area contributed by atoms with Gasteiger partial charge in [0.2, 0.25) is 0 Å². The predicted octanol–water partition coefficient (Wildman–Crippen LogP) is 2.08. The molecule has 0 aliphatic carbocycles. The van der Waals surface area contributed by atoms with Crippen LogP contribution in [0.4, 0.5) is 4.79 Å². The zero-order valence-corrected chi connectivity index (χ0v) is 10.8. The lowest BCUT2D eigenvalue weighted by atomic mass is 10.2. The molecule has 0 bridgehead atoms. The number of rotatable bonds is 2. The molecule has 1 aliphatic heterocycles. The Morgan fingerprint density at radius 2 is 2.29 bits per heavy atom. The maximum Gasteiger partial charge on any atom is 0.318 e. The average molecular weight is 252 g/mol. The molecule has 0 aromatic heterocycles. The van der Waals surface area contributed by atoms with Gasteiger partial charge in [-0.1, -0.05) is 18.2 Å². The van der Waals surface area contributed by atoms with E-state index in [0.29, 0.717) is 0 Å². The van der Waals surface area contributed by atoms with E-state index in [1.807, 2.05) is 29.2 Å². The molecule has 1 atom stereocenters. The molecule has 1 fully saturated rings. The SMILES string of the molecule is CNC(=O)N1CCSC1c1ccccc1OC. The molecule has 4 nitrogen and oxygen atoms in total. The first-order valence-electron chi connectivity index (χ1n) is 5.50. The molecule has 1 aromatic carbocycles. The first-order chi connectivity index (χ1) is 8.27. The minimum Gasteiger partial charge on any atom is -0.496 e. The zero-order valence-electron chi connectivity index (χ0n) is 9.97. The summed E-state index contributed by atoms with van der Waals surface area (Å²) in [6, 6.07) is 7.81. The van der Waals surface area contributed by atoms with Crippen molar-refractivity contribution < 1.29 is 9.53 Å². The highest BCUT2D eigenvalue weighted by atomic mass is 32.2. The minimum absolute atomic E-state index is 0.0362. The van der Waals surface area contributed by atoms with Crippen LogP contribution in [0, 0.1) is 0 Å². The fourth-order valence-corrected chi connectivity index (χ4v) is 3.23. The van der Waals surface area contributed by atoms with Crippen molar-refractivity contribution in [3.63, 3.8) is 0 Å². The molecule has 1 saturated heterocycles. The van der Waals surface area contributed by atoms with Gasteiger partial charge in [-0.15, -0.1) is 11.8 Å². The van der Waals surface area contributed by atoms with E-state index in [9.17, 15) is 4.79 Å². The molecule has 0 saturated carbocycles. The summed E-state index contributed by atoms with van der Waals surface area (Å²) in [6.07, 6.45) is 0. The van der Waals surface area contributed by atoms with Crippen molar-refractivity contribution in [2.45, 2.75) is 5.37 Å². The number of nitrogens with one attached hydrogen (secondary N) is 1. The molecule has 1 unspecified atom stereocenters. The van der Waals surface area contributed by atoms with Crippen molar-refractivity contribution in [3.8, 4) is 5.75 Å². The van der Waals surface area contributed by atoms with Crippen LogP contribution in [0.15, 0.2) is 24.3 Å². The molecular weight excluding hydrogens is 236 g/mol. The van der Waals surface area contributed by atoms with Gasteiger partial charge in [-0.3, -0.25) is 0 Å². The Labute approximate surface area is 105 Å². The van der Waals surface area contributed by atoms with Gasteiger partial charge in [0.1, 0.15) is 11.1 Å². The van der Waals surface area contributed by atoms with Crippen molar-refractivity contribution in [1.82, 2.24) is 10.2 Å². The van der Waals surface area contributed by atoms with Crippen LogP contribution in [-0.2, 0) is 0 Å². The number of para-hydroxylation sites is 1. The van der Waals surface area contributed by atoms with E-state index in [-0.39, 0.29) is 11.4 Å². The molecule has 17 heavy (non-hydrogen) atoms. The van der Waals surface area contributed by atoms with Crippen LogP contribution in [0.5, 0.6) is 5.75 Å². The number of methoxy groups -OCH3 is 1. The number of ether oxygens (including phenoxy) is 1. The lowest BCUT2D eigenvalue weighted by Gasteiger charge is -2.24. The normalized spacial score (nSPS) is 19.2. The molecule has 2 rings (SSSR count). The molecule has 1 aliphatic rings. The molecule has 1 heterocycles. The number of amides is 2. The minimum atomic E-state index is -0.0362. The largest absolute Gasteiger partial charge is 0.496 e. The van der Waals surface area contributed by atoms with E-state index >= 15 is 0 Å². The van der Waals surface area contributed by atoms with Crippen molar-refractivity contribution in [1.29, 1.82) is 0 Å². The topological polar surface area (TPSA) is 41.6 Å². The van der Waals surface area contributed by atoms with Crippen LogP contribution in [0.1, 0.15) is 10.9 Å². The number of benzene rings is 1. The Balaban J connectivity index is 2.29. The van der Waals surface area contributed by atoms with E-state index in [4.69, 9.17) is 4.74 Å². The number of hydrogen-bond donors (Lipinski definition) is 1. The Morgan fingerprint density at radius 1 is 1.53 bits per heavy atom. The van der Waals surface area contributed by atoms with Crippen molar-refractivity contribution >= 4 is 17.8 Å². The maximum atomic E-state index is 11.8. The second kappa shape index (κ2) is 5.31. The molecule has 5 heteroatoms. The highest BCUT2D eigenvalue weighted by Crippen LogP contribution is 2.41. The third-order valence-electron chi connectivity index (χ3n) is 2.77. The third-order valence-corrected chi connectivity index (χ3v) is 4.01. The maximum absolute atomic E-state index is 11.8. The monoisotopic (exact) mass is 252 g/mol. The average Bonchev–Trinajstić information content (AvgIpc) is 2.86. The van der Waals surface area contributed by atoms with Crippen LogP contribution >= 0.6 is 11.8 Å². The Bertz CT molecular complexity index is 411. The summed E-state index contributed by atoms with van der Waals surface area (Å²) in [5.74, 6) is 1.79. The quantitative estimate of drug-likeness (QED) is 0.876. The van der Waals surface area contributed by atoms with E-state index in [1.165, 1.54) is 0 Å². The first-order valence-corrected chi connectivity index (χ1v) is 6.55. The summed E-state index contributed by atoms with van der Waals surface area (Å²) >= 11 is 1.76. The first kappa shape index (κ1) is 12.1. The number of carbonyl (C=O) groups is 1. The molecule has 92 valence electrons.